The maximum Gasteiger partial charge on any atom is 0.293 e. The van der Waals surface area contributed by atoms with E-state index in [0.717, 1.165) is 27.4 Å². The third-order valence-electron chi connectivity index (χ3n) is 4.35. The Morgan fingerprint density at radius 3 is 2.38 bits per heavy atom. The van der Waals surface area contributed by atoms with E-state index in [2.05, 4.69) is 15.9 Å². The summed E-state index contributed by atoms with van der Waals surface area (Å²) in [4.78, 5) is 25.9. The second-order valence-corrected chi connectivity index (χ2v) is 8.30. The van der Waals surface area contributed by atoms with Gasteiger partial charge in [-0.2, -0.15) is 0 Å². The Morgan fingerprint density at radius 2 is 1.76 bits per heavy atom. The van der Waals surface area contributed by atoms with Crippen LogP contribution < -0.4 is 9.47 Å². The van der Waals surface area contributed by atoms with Crippen molar-refractivity contribution in [3.63, 3.8) is 0 Å². The largest absolute Gasteiger partial charge is 0.490 e. The molecule has 7 heteroatoms. The monoisotopic (exact) mass is 475 g/mol. The van der Waals surface area contributed by atoms with Crippen LogP contribution in [0.3, 0.4) is 0 Å². The van der Waals surface area contributed by atoms with Gasteiger partial charge in [0.2, 0.25) is 0 Å². The Bertz CT molecular complexity index is 956. The van der Waals surface area contributed by atoms with Crippen LogP contribution in [0.25, 0.3) is 6.08 Å². The van der Waals surface area contributed by atoms with E-state index in [1.165, 1.54) is 10.5 Å². The minimum absolute atomic E-state index is 0.247. The molecule has 1 aliphatic heterocycles. The molecule has 2 aromatic rings. The average molecular weight is 476 g/mol. The van der Waals surface area contributed by atoms with Crippen LogP contribution in [0.15, 0.2) is 45.8 Å². The third kappa shape index (κ3) is 5.03. The summed E-state index contributed by atoms with van der Waals surface area (Å²) in [6, 6.07) is 11.8. The molecule has 0 N–H and O–H groups in total. The molecule has 2 amide bonds. The zero-order chi connectivity index (χ0) is 21.0. The van der Waals surface area contributed by atoms with Crippen molar-refractivity contribution in [2.45, 2.75) is 27.4 Å². The summed E-state index contributed by atoms with van der Waals surface area (Å²) in [5.74, 6) is 0.925. The van der Waals surface area contributed by atoms with Crippen LogP contribution in [0.4, 0.5) is 4.79 Å². The Morgan fingerprint density at radius 1 is 1.07 bits per heavy atom. The zero-order valence-electron chi connectivity index (χ0n) is 16.5. The number of amides is 2. The fourth-order valence-electron chi connectivity index (χ4n) is 2.80. The van der Waals surface area contributed by atoms with E-state index in [0.29, 0.717) is 36.2 Å². The second-order valence-electron chi connectivity index (χ2n) is 6.45. The van der Waals surface area contributed by atoms with Gasteiger partial charge < -0.3 is 9.47 Å². The summed E-state index contributed by atoms with van der Waals surface area (Å²) < 4.78 is 12.5. The molecule has 3 rings (SSSR count). The van der Waals surface area contributed by atoms with Crippen LogP contribution >= 0.6 is 27.7 Å². The van der Waals surface area contributed by atoms with Crippen molar-refractivity contribution in [3.8, 4) is 11.5 Å². The van der Waals surface area contributed by atoms with Gasteiger partial charge in [-0.25, -0.2) is 0 Å². The molecule has 1 saturated heterocycles. The van der Waals surface area contributed by atoms with Crippen LogP contribution in [0.5, 0.6) is 11.5 Å². The average Bonchev–Trinajstić information content (AvgIpc) is 2.97. The van der Waals surface area contributed by atoms with Gasteiger partial charge in [0.25, 0.3) is 11.1 Å². The molecule has 29 heavy (non-hydrogen) atoms. The predicted octanol–water partition coefficient (Wildman–Crippen LogP) is 5.79. The molecule has 1 fully saturated rings. The molecule has 0 atom stereocenters. The number of halogens is 1. The van der Waals surface area contributed by atoms with Crippen molar-refractivity contribution in [2.24, 2.45) is 0 Å². The molecule has 5 nitrogen and oxygen atoms in total. The Hall–Kier alpha value is -2.25. The number of likely N-dealkylation sites (N-methyl/N-ethyl adjacent to an activating group) is 1. The van der Waals surface area contributed by atoms with Gasteiger partial charge in [0, 0.05) is 11.0 Å². The molecule has 0 radical (unpaired) electrons. The minimum atomic E-state index is -0.271. The van der Waals surface area contributed by atoms with Gasteiger partial charge in [-0.15, -0.1) is 0 Å². The zero-order valence-corrected chi connectivity index (χ0v) is 18.9. The van der Waals surface area contributed by atoms with Gasteiger partial charge in [0.15, 0.2) is 11.5 Å². The lowest BCUT2D eigenvalue weighted by atomic mass is 10.1. The van der Waals surface area contributed by atoms with E-state index in [-0.39, 0.29) is 11.1 Å². The summed E-state index contributed by atoms with van der Waals surface area (Å²) in [7, 11) is 0. The quantitative estimate of drug-likeness (QED) is 0.474. The van der Waals surface area contributed by atoms with Gasteiger partial charge in [-0.1, -0.05) is 45.8 Å². The molecule has 0 aromatic heterocycles. The lowest BCUT2D eigenvalue weighted by Gasteiger charge is -2.14. The molecule has 2 aromatic carbocycles. The van der Waals surface area contributed by atoms with Crippen molar-refractivity contribution >= 4 is 44.9 Å². The Balaban J connectivity index is 1.86. The highest BCUT2D eigenvalue weighted by Crippen LogP contribution is 2.38. The molecule has 0 saturated carbocycles. The van der Waals surface area contributed by atoms with Crippen LogP contribution in [0, 0.1) is 6.92 Å². The fraction of sp³-hybridized carbons (Fsp3) is 0.273. The van der Waals surface area contributed by atoms with Crippen molar-refractivity contribution in [3.05, 3.63) is 62.5 Å². The topological polar surface area (TPSA) is 55.8 Å². The first-order valence-corrected chi connectivity index (χ1v) is 10.9. The highest BCUT2D eigenvalue weighted by Gasteiger charge is 2.33. The minimum Gasteiger partial charge on any atom is -0.490 e. The Kier molecular flexibility index (Phi) is 7.03. The molecular formula is C22H22BrNO4S. The van der Waals surface area contributed by atoms with E-state index >= 15 is 0 Å². The van der Waals surface area contributed by atoms with E-state index in [4.69, 9.17) is 9.47 Å². The molecular weight excluding hydrogens is 454 g/mol. The van der Waals surface area contributed by atoms with Crippen molar-refractivity contribution in [1.82, 2.24) is 4.90 Å². The number of nitrogens with zero attached hydrogens (tertiary/aromatic N) is 1. The van der Waals surface area contributed by atoms with Gasteiger partial charge >= 0.3 is 0 Å². The first-order chi connectivity index (χ1) is 13.9. The number of thioether (sulfide) groups is 1. The van der Waals surface area contributed by atoms with E-state index in [1.807, 2.05) is 50.2 Å². The number of aryl methyl sites for hydroxylation is 1. The molecule has 0 spiro atoms. The Labute approximate surface area is 183 Å². The number of benzene rings is 2. The summed E-state index contributed by atoms with van der Waals surface area (Å²) in [5.41, 5.74) is 3.01. The van der Waals surface area contributed by atoms with E-state index in [9.17, 15) is 9.59 Å². The molecule has 0 bridgehead atoms. The summed E-state index contributed by atoms with van der Waals surface area (Å²) in [5, 5.41) is -0.247. The van der Waals surface area contributed by atoms with Crippen molar-refractivity contribution in [2.75, 3.05) is 13.2 Å². The van der Waals surface area contributed by atoms with Crippen LogP contribution in [-0.4, -0.2) is 29.2 Å². The highest BCUT2D eigenvalue weighted by molar-refractivity contribution is 9.10. The maximum atomic E-state index is 12.4. The second kappa shape index (κ2) is 9.50. The smallest absolute Gasteiger partial charge is 0.293 e. The molecule has 0 unspecified atom stereocenters. The number of carbonyl (C=O) groups is 2. The molecule has 1 aliphatic rings. The van der Waals surface area contributed by atoms with E-state index in [1.54, 1.807) is 13.0 Å². The third-order valence-corrected chi connectivity index (χ3v) is 5.95. The number of rotatable bonds is 7. The molecule has 152 valence electrons. The van der Waals surface area contributed by atoms with Gasteiger partial charge in [-0.3, -0.25) is 14.5 Å². The van der Waals surface area contributed by atoms with Gasteiger partial charge in [-0.05, 0) is 61.9 Å². The van der Waals surface area contributed by atoms with Crippen LogP contribution in [-0.2, 0) is 11.4 Å². The van der Waals surface area contributed by atoms with Crippen LogP contribution in [0.2, 0.25) is 0 Å². The number of imide groups is 1. The highest BCUT2D eigenvalue weighted by atomic mass is 79.9. The van der Waals surface area contributed by atoms with Crippen LogP contribution in [0.1, 0.15) is 30.5 Å². The lowest BCUT2D eigenvalue weighted by Crippen LogP contribution is -2.27. The first kappa shape index (κ1) is 21.5. The number of hydrogen-bond acceptors (Lipinski definition) is 5. The standard InChI is InChI=1S/C22H22BrNO4S/c1-4-24-21(25)20(29-22(24)26)11-16-10-18(27-5-2)19(12-17(16)23)28-13-15-8-6-14(3)7-9-15/h6-12H,4-5,13H2,1-3H3. The number of ether oxygens (including phenoxy) is 2. The molecule has 0 aliphatic carbocycles. The summed E-state index contributed by atoms with van der Waals surface area (Å²) >= 11 is 4.49. The normalized spacial score (nSPS) is 15.3. The van der Waals surface area contributed by atoms with Gasteiger partial charge in [0.05, 0.1) is 11.5 Å². The fourth-order valence-corrected chi connectivity index (χ4v) is 4.13. The van der Waals surface area contributed by atoms with Crippen molar-refractivity contribution < 1.29 is 19.1 Å². The number of hydrogen-bond donors (Lipinski definition) is 0. The molecule has 1 heterocycles. The summed E-state index contributed by atoms with van der Waals surface area (Å²) in [6.45, 7) is 6.98. The van der Waals surface area contributed by atoms with Gasteiger partial charge in [0.1, 0.15) is 6.61 Å². The lowest BCUT2D eigenvalue weighted by molar-refractivity contribution is -0.122. The number of carbonyl (C=O) groups excluding carboxylic acids is 2. The SMILES string of the molecule is CCOc1cc(C=C2SC(=O)N(CC)C2=O)c(Br)cc1OCc1ccc(C)cc1. The predicted molar refractivity (Wildman–Crippen MR) is 119 cm³/mol. The van der Waals surface area contributed by atoms with E-state index < -0.39 is 0 Å². The first-order valence-electron chi connectivity index (χ1n) is 9.33. The van der Waals surface area contributed by atoms with Crippen molar-refractivity contribution in [1.29, 1.82) is 0 Å². The summed E-state index contributed by atoms with van der Waals surface area (Å²) in [6.07, 6.45) is 1.71. The maximum absolute atomic E-state index is 12.4.